The lowest BCUT2D eigenvalue weighted by atomic mass is 9.96. The van der Waals surface area contributed by atoms with Gasteiger partial charge in [-0.25, -0.2) is 0 Å². The molecule has 0 saturated carbocycles. The fourth-order valence-electron chi connectivity index (χ4n) is 2.86. The maximum atomic E-state index is 12.6. The Balaban J connectivity index is 1.93. The minimum atomic E-state index is -4.82. The lowest BCUT2D eigenvalue weighted by molar-refractivity contribution is -0.132. The Bertz CT molecular complexity index is 759. The number of anilines is 1. The van der Waals surface area contributed by atoms with Crippen molar-refractivity contribution in [2.75, 3.05) is 44.7 Å². The van der Waals surface area contributed by atoms with Gasteiger partial charge in [0, 0.05) is 44.6 Å². The SMILES string of the molecule is Bc1ccc(N2CCN(C(=O)CN(C)/C(C)=C(/Cl)C(=N)C(F)(F)F)CC2)cc1. The van der Waals surface area contributed by atoms with Gasteiger partial charge >= 0.3 is 6.18 Å². The first-order valence-corrected chi connectivity index (χ1v) is 9.21. The van der Waals surface area contributed by atoms with Crippen LogP contribution in [-0.2, 0) is 4.79 Å². The number of nitrogens with zero attached hydrogens (tertiary/aromatic N) is 3. The van der Waals surface area contributed by atoms with Gasteiger partial charge in [0.15, 0.2) is 5.71 Å². The van der Waals surface area contributed by atoms with Crippen LogP contribution in [0.5, 0.6) is 0 Å². The van der Waals surface area contributed by atoms with Crippen molar-refractivity contribution in [2.24, 2.45) is 0 Å². The molecule has 10 heteroatoms. The van der Waals surface area contributed by atoms with Crippen LogP contribution in [0.25, 0.3) is 0 Å². The van der Waals surface area contributed by atoms with Crippen molar-refractivity contribution in [3.63, 3.8) is 0 Å². The van der Waals surface area contributed by atoms with Crippen molar-refractivity contribution >= 4 is 42.2 Å². The molecule has 1 aliphatic rings. The number of carbonyl (C=O) groups excluding carboxylic acids is 1. The van der Waals surface area contributed by atoms with E-state index < -0.39 is 16.9 Å². The number of rotatable bonds is 5. The van der Waals surface area contributed by atoms with Crippen LogP contribution < -0.4 is 10.4 Å². The zero-order valence-corrected chi connectivity index (χ0v) is 16.9. The van der Waals surface area contributed by atoms with E-state index in [0.29, 0.717) is 26.2 Å². The van der Waals surface area contributed by atoms with E-state index in [-0.39, 0.29) is 18.1 Å². The summed E-state index contributed by atoms with van der Waals surface area (Å²) in [5.41, 5.74) is 0.709. The van der Waals surface area contributed by atoms with Crippen LogP contribution in [0.3, 0.4) is 0 Å². The van der Waals surface area contributed by atoms with E-state index in [9.17, 15) is 18.0 Å². The topological polar surface area (TPSA) is 50.6 Å². The van der Waals surface area contributed by atoms with Gasteiger partial charge in [0.2, 0.25) is 5.91 Å². The van der Waals surface area contributed by atoms with Gasteiger partial charge < -0.3 is 14.7 Å². The van der Waals surface area contributed by atoms with E-state index in [4.69, 9.17) is 17.0 Å². The highest BCUT2D eigenvalue weighted by Crippen LogP contribution is 2.26. The van der Waals surface area contributed by atoms with Crippen molar-refractivity contribution in [3.8, 4) is 0 Å². The average molecular weight is 415 g/mol. The first kappa shape index (κ1) is 22.1. The number of nitrogens with one attached hydrogen (secondary N) is 1. The molecule has 152 valence electrons. The predicted molar refractivity (Wildman–Crippen MR) is 108 cm³/mol. The monoisotopic (exact) mass is 414 g/mol. The molecular formula is C18H23BClF3N4O. The minimum absolute atomic E-state index is 0.0376. The van der Waals surface area contributed by atoms with Gasteiger partial charge in [-0.2, -0.15) is 13.2 Å². The van der Waals surface area contributed by atoms with Gasteiger partial charge in [0.25, 0.3) is 0 Å². The molecule has 1 fully saturated rings. The number of allylic oxidation sites excluding steroid dienone is 2. The Labute approximate surface area is 168 Å². The summed E-state index contributed by atoms with van der Waals surface area (Å²) in [4.78, 5) is 17.7. The molecule has 28 heavy (non-hydrogen) atoms. The molecule has 1 N–H and O–H groups in total. The molecule has 0 radical (unpaired) electrons. The number of piperazine rings is 1. The molecule has 0 aromatic heterocycles. The third kappa shape index (κ3) is 5.44. The second-order valence-corrected chi connectivity index (χ2v) is 7.21. The summed E-state index contributed by atoms with van der Waals surface area (Å²) >= 11 is 5.69. The number of hydrogen-bond acceptors (Lipinski definition) is 4. The number of halogens is 4. The Morgan fingerprint density at radius 3 is 2.25 bits per heavy atom. The van der Waals surface area contributed by atoms with Crippen LogP contribution in [0.2, 0.25) is 0 Å². The molecular weight excluding hydrogens is 391 g/mol. The van der Waals surface area contributed by atoms with Gasteiger partial charge in [-0.1, -0.05) is 29.2 Å². The first-order valence-electron chi connectivity index (χ1n) is 8.83. The smallest absolute Gasteiger partial charge is 0.368 e. The summed E-state index contributed by atoms with van der Waals surface area (Å²) < 4.78 is 37.9. The van der Waals surface area contributed by atoms with Crippen molar-refractivity contribution < 1.29 is 18.0 Å². The second kappa shape index (κ2) is 8.90. The van der Waals surface area contributed by atoms with E-state index in [0.717, 1.165) is 5.69 Å². The van der Waals surface area contributed by atoms with E-state index >= 15 is 0 Å². The standard InChI is InChI=1S/C18H23BClF3N4O/c1-12(16(20)17(24)18(21,22)23)25(2)11-15(28)27-9-7-26(8-10-27)14-5-3-13(19)4-6-14/h3-6,24H,7-11,19H2,1-2H3/b16-12+,24-17?. The Morgan fingerprint density at radius 1 is 1.21 bits per heavy atom. The third-order valence-electron chi connectivity index (χ3n) is 4.80. The van der Waals surface area contributed by atoms with E-state index in [2.05, 4.69) is 4.90 Å². The maximum Gasteiger partial charge on any atom is 0.434 e. The summed E-state index contributed by atoms with van der Waals surface area (Å²) in [5, 5.41) is 6.42. The molecule has 0 spiro atoms. The van der Waals surface area contributed by atoms with Gasteiger partial charge in [-0.15, -0.1) is 0 Å². The fourth-order valence-corrected chi connectivity index (χ4v) is 3.12. The molecule has 1 amide bonds. The van der Waals surface area contributed by atoms with E-state index in [1.165, 1.54) is 24.3 Å². The highest BCUT2D eigenvalue weighted by atomic mass is 35.5. The summed E-state index contributed by atoms with van der Waals surface area (Å²) in [7, 11) is 3.51. The van der Waals surface area contributed by atoms with E-state index in [1.807, 2.05) is 32.1 Å². The Hall–Kier alpha value is -2.16. The molecule has 1 aromatic rings. The maximum absolute atomic E-state index is 12.6. The van der Waals surface area contributed by atoms with Gasteiger partial charge in [0.05, 0.1) is 11.6 Å². The highest BCUT2D eigenvalue weighted by Gasteiger charge is 2.37. The van der Waals surface area contributed by atoms with Crippen LogP contribution in [0.4, 0.5) is 18.9 Å². The molecule has 1 aromatic carbocycles. The first-order chi connectivity index (χ1) is 13.0. The number of hydrogen-bond donors (Lipinski definition) is 1. The molecule has 0 aliphatic carbocycles. The summed E-state index contributed by atoms with van der Waals surface area (Å²) in [6, 6.07) is 8.18. The minimum Gasteiger partial charge on any atom is -0.368 e. The number of likely N-dealkylation sites (N-methyl/N-ethyl adjacent to an activating group) is 1. The zero-order chi connectivity index (χ0) is 21.1. The van der Waals surface area contributed by atoms with Crippen molar-refractivity contribution in [1.29, 1.82) is 5.41 Å². The number of benzene rings is 1. The third-order valence-corrected chi connectivity index (χ3v) is 5.26. The molecule has 0 unspecified atom stereocenters. The normalized spacial score (nSPS) is 15.9. The second-order valence-electron chi connectivity index (χ2n) is 6.83. The molecule has 2 rings (SSSR count). The van der Waals surface area contributed by atoms with Crippen molar-refractivity contribution in [2.45, 2.75) is 13.1 Å². The lowest BCUT2D eigenvalue weighted by Crippen LogP contribution is -2.51. The molecule has 5 nitrogen and oxygen atoms in total. The number of alkyl halides is 3. The van der Waals surface area contributed by atoms with Crippen molar-refractivity contribution in [1.82, 2.24) is 9.80 Å². The largest absolute Gasteiger partial charge is 0.434 e. The number of amides is 1. The van der Waals surface area contributed by atoms with Gasteiger partial charge in [0.1, 0.15) is 7.85 Å². The lowest BCUT2D eigenvalue weighted by Gasteiger charge is -2.37. The molecule has 1 aliphatic heterocycles. The molecule has 0 bridgehead atoms. The summed E-state index contributed by atoms with van der Waals surface area (Å²) in [5.74, 6) is -0.187. The van der Waals surface area contributed by atoms with Crippen LogP contribution in [0, 0.1) is 5.41 Å². The fraction of sp³-hybridized carbons (Fsp3) is 0.444. The van der Waals surface area contributed by atoms with Crippen LogP contribution in [0.15, 0.2) is 35.0 Å². The van der Waals surface area contributed by atoms with E-state index in [1.54, 1.807) is 4.90 Å². The van der Waals surface area contributed by atoms with Crippen LogP contribution in [-0.4, -0.2) is 75.2 Å². The Morgan fingerprint density at radius 2 is 1.75 bits per heavy atom. The highest BCUT2D eigenvalue weighted by molar-refractivity contribution is 6.44. The average Bonchev–Trinajstić information content (AvgIpc) is 2.66. The molecule has 1 saturated heterocycles. The van der Waals surface area contributed by atoms with Gasteiger partial charge in [-0.3, -0.25) is 10.2 Å². The Kier molecular flexibility index (Phi) is 7.03. The van der Waals surface area contributed by atoms with Crippen LogP contribution >= 0.6 is 11.6 Å². The van der Waals surface area contributed by atoms with Gasteiger partial charge in [-0.05, 0) is 19.1 Å². The summed E-state index contributed by atoms with van der Waals surface area (Å²) in [6.07, 6.45) is -4.82. The van der Waals surface area contributed by atoms with Crippen molar-refractivity contribution in [3.05, 3.63) is 35.0 Å². The quantitative estimate of drug-likeness (QED) is 0.588. The van der Waals surface area contributed by atoms with Crippen LogP contribution in [0.1, 0.15) is 6.92 Å². The summed E-state index contributed by atoms with van der Waals surface area (Å²) in [6.45, 7) is 3.72. The molecule has 0 atom stereocenters. The molecule has 1 heterocycles. The predicted octanol–water partition coefficient (Wildman–Crippen LogP) is 1.58. The number of carbonyl (C=O) groups is 1. The zero-order valence-electron chi connectivity index (χ0n) is 16.1.